The zero-order valence-electron chi connectivity index (χ0n) is 17.6. The Hall–Kier alpha value is -4.20. The third-order valence-electron chi connectivity index (χ3n) is 5.01. The first-order chi connectivity index (χ1) is 15.6. The number of H-pyrrole nitrogens is 1. The van der Waals surface area contributed by atoms with Gasteiger partial charge in [-0.15, -0.1) is 0 Å². The minimum Gasteiger partial charge on any atom is -0.497 e. The molecule has 0 spiro atoms. The van der Waals surface area contributed by atoms with E-state index in [1.54, 1.807) is 7.11 Å². The summed E-state index contributed by atoms with van der Waals surface area (Å²) >= 11 is 0. The van der Waals surface area contributed by atoms with E-state index in [0.717, 1.165) is 27.6 Å². The predicted molar refractivity (Wildman–Crippen MR) is 121 cm³/mol. The second kappa shape index (κ2) is 9.74. The molecule has 0 aliphatic heterocycles. The van der Waals surface area contributed by atoms with E-state index < -0.39 is 0 Å². The second-order valence-electron chi connectivity index (χ2n) is 7.20. The number of hydrogen-bond donors (Lipinski definition) is 3. The number of aromatic amines is 1. The maximum atomic E-state index is 12.3. The number of aromatic nitrogens is 3. The van der Waals surface area contributed by atoms with Gasteiger partial charge in [-0.25, -0.2) is 4.98 Å². The van der Waals surface area contributed by atoms with E-state index in [0.29, 0.717) is 11.6 Å². The molecular formula is C24H23N5O3. The lowest BCUT2D eigenvalue weighted by Crippen LogP contribution is -2.37. The number of nitrogens with one attached hydrogen (secondary N) is 3. The molecule has 0 bridgehead atoms. The van der Waals surface area contributed by atoms with Crippen LogP contribution in [0.5, 0.6) is 5.75 Å². The number of benzene rings is 3. The van der Waals surface area contributed by atoms with Gasteiger partial charge in [-0.05, 0) is 40.6 Å². The van der Waals surface area contributed by atoms with Crippen molar-refractivity contribution in [2.24, 2.45) is 0 Å². The standard InChI is InChI=1S/C24H23N5O3/c1-32-19-11-9-17(10-12-19)24-27-21(28-29-24)14-25-23(31)15-26-22(30)13-18-7-4-6-16-5-2-3-8-20(16)18/h2-12H,13-15H2,1H3,(H,25,31)(H,26,30)(H,27,28,29). The Kier molecular flexibility index (Phi) is 6.41. The van der Waals surface area contributed by atoms with E-state index >= 15 is 0 Å². The molecule has 0 aliphatic carbocycles. The number of carbonyl (C=O) groups is 2. The van der Waals surface area contributed by atoms with Crippen LogP contribution in [-0.2, 0) is 22.6 Å². The maximum Gasteiger partial charge on any atom is 0.239 e. The molecule has 0 aliphatic rings. The monoisotopic (exact) mass is 429 g/mol. The van der Waals surface area contributed by atoms with Crippen molar-refractivity contribution in [1.29, 1.82) is 0 Å². The van der Waals surface area contributed by atoms with Gasteiger partial charge in [0, 0.05) is 5.56 Å². The highest BCUT2D eigenvalue weighted by molar-refractivity contribution is 5.91. The molecular weight excluding hydrogens is 406 g/mol. The molecule has 0 atom stereocenters. The summed E-state index contributed by atoms with van der Waals surface area (Å²) in [6.07, 6.45) is 0.210. The molecule has 3 N–H and O–H groups in total. The number of fused-ring (bicyclic) bond motifs is 1. The van der Waals surface area contributed by atoms with Gasteiger partial charge in [-0.3, -0.25) is 14.7 Å². The fourth-order valence-electron chi connectivity index (χ4n) is 3.35. The quantitative estimate of drug-likeness (QED) is 0.399. The zero-order chi connectivity index (χ0) is 22.3. The van der Waals surface area contributed by atoms with Crippen LogP contribution in [0.3, 0.4) is 0 Å². The highest BCUT2D eigenvalue weighted by atomic mass is 16.5. The van der Waals surface area contributed by atoms with Crippen LogP contribution in [0.1, 0.15) is 11.4 Å². The summed E-state index contributed by atoms with van der Waals surface area (Å²) in [7, 11) is 1.61. The van der Waals surface area contributed by atoms with Crippen LogP contribution in [0.2, 0.25) is 0 Å². The molecule has 0 saturated carbocycles. The van der Waals surface area contributed by atoms with Gasteiger partial charge < -0.3 is 15.4 Å². The van der Waals surface area contributed by atoms with E-state index in [2.05, 4.69) is 25.8 Å². The smallest absolute Gasteiger partial charge is 0.239 e. The highest BCUT2D eigenvalue weighted by Crippen LogP contribution is 2.19. The highest BCUT2D eigenvalue weighted by Gasteiger charge is 2.10. The lowest BCUT2D eigenvalue weighted by Gasteiger charge is -2.08. The van der Waals surface area contributed by atoms with Crippen LogP contribution in [0.25, 0.3) is 22.2 Å². The van der Waals surface area contributed by atoms with Gasteiger partial charge in [0.05, 0.1) is 26.6 Å². The minimum atomic E-state index is -0.307. The van der Waals surface area contributed by atoms with Crippen LogP contribution < -0.4 is 15.4 Å². The molecule has 32 heavy (non-hydrogen) atoms. The van der Waals surface area contributed by atoms with Gasteiger partial charge in [0.15, 0.2) is 5.82 Å². The number of amides is 2. The van der Waals surface area contributed by atoms with Crippen molar-refractivity contribution >= 4 is 22.6 Å². The van der Waals surface area contributed by atoms with E-state index in [9.17, 15) is 9.59 Å². The molecule has 8 heteroatoms. The average Bonchev–Trinajstić information content (AvgIpc) is 3.31. The van der Waals surface area contributed by atoms with Gasteiger partial charge in [-0.2, -0.15) is 5.10 Å². The molecule has 3 aromatic carbocycles. The first-order valence-corrected chi connectivity index (χ1v) is 10.2. The number of ether oxygens (including phenoxy) is 1. The van der Waals surface area contributed by atoms with Gasteiger partial charge in [0.1, 0.15) is 11.6 Å². The van der Waals surface area contributed by atoms with E-state index in [-0.39, 0.29) is 31.3 Å². The van der Waals surface area contributed by atoms with Gasteiger partial charge >= 0.3 is 0 Å². The van der Waals surface area contributed by atoms with E-state index in [1.165, 1.54) is 0 Å². The molecule has 1 aromatic heterocycles. The number of methoxy groups -OCH3 is 1. The second-order valence-corrected chi connectivity index (χ2v) is 7.20. The number of nitrogens with zero attached hydrogens (tertiary/aromatic N) is 2. The van der Waals surface area contributed by atoms with Crippen LogP contribution >= 0.6 is 0 Å². The van der Waals surface area contributed by atoms with E-state index in [4.69, 9.17) is 4.74 Å². The topological polar surface area (TPSA) is 109 Å². The summed E-state index contributed by atoms with van der Waals surface area (Å²) in [5, 5.41) is 14.5. The number of hydrogen-bond acceptors (Lipinski definition) is 5. The fourth-order valence-corrected chi connectivity index (χ4v) is 3.35. The lowest BCUT2D eigenvalue weighted by atomic mass is 10.0. The minimum absolute atomic E-state index is 0.108. The fraction of sp³-hybridized carbons (Fsp3) is 0.167. The largest absolute Gasteiger partial charge is 0.497 e. The van der Waals surface area contributed by atoms with Crippen molar-refractivity contribution in [1.82, 2.24) is 25.8 Å². The van der Waals surface area contributed by atoms with Crippen LogP contribution in [-0.4, -0.2) is 40.7 Å². The Labute approximate surface area is 185 Å². The summed E-state index contributed by atoms with van der Waals surface area (Å²) in [6, 6.07) is 21.1. The third kappa shape index (κ3) is 5.10. The molecule has 0 fully saturated rings. The van der Waals surface area contributed by atoms with Crippen LogP contribution in [0.4, 0.5) is 0 Å². The number of carbonyl (C=O) groups excluding carboxylic acids is 2. The zero-order valence-corrected chi connectivity index (χ0v) is 17.6. The molecule has 0 radical (unpaired) electrons. The summed E-state index contributed by atoms with van der Waals surface area (Å²) in [6.45, 7) is 0.0737. The number of rotatable bonds is 8. The molecule has 0 unspecified atom stereocenters. The summed E-state index contributed by atoms with van der Waals surface area (Å²) in [5.41, 5.74) is 1.76. The molecule has 1 heterocycles. The molecule has 162 valence electrons. The summed E-state index contributed by atoms with van der Waals surface area (Å²) < 4.78 is 5.14. The Morgan fingerprint density at radius 3 is 2.53 bits per heavy atom. The van der Waals surface area contributed by atoms with Crippen molar-refractivity contribution in [3.63, 3.8) is 0 Å². The Morgan fingerprint density at radius 2 is 1.72 bits per heavy atom. The van der Waals surface area contributed by atoms with Crippen molar-refractivity contribution in [3.05, 3.63) is 78.1 Å². The molecule has 4 aromatic rings. The predicted octanol–water partition coefficient (Wildman–Crippen LogP) is 2.61. The average molecular weight is 429 g/mol. The van der Waals surface area contributed by atoms with Gasteiger partial charge in [0.25, 0.3) is 0 Å². The van der Waals surface area contributed by atoms with Crippen LogP contribution in [0.15, 0.2) is 66.7 Å². The van der Waals surface area contributed by atoms with Gasteiger partial charge in [-0.1, -0.05) is 42.5 Å². The molecule has 0 saturated heterocycles. The first kappa shape index (κ1) is 21.0. The Balaban J connectivity index is 1.25. The van der Waals surface area contributed by atoms with Crippen molar-refractivity contribution in [2.45, 2.75) is 13.0 Å². The summed E-state index contributed by atoms with van der Waals surface area (Å²) in [5.74, 6) is 1.28. The van der Waals surface area contributed by atoms with Crippen molar-refractivity contribution in [3.8, 4) is 17.1 Å². The normalized spacial score (nSPS) is 10.7. The summed E-state index contributed by atoms with van der Waals surface area (Å²) in [4.78, 5) is 28.8. The maximum absolute atomic E-state index is 12.3. The van der Waals surface area contributed by atoms with Crippen LogP contribution in [0, 0.1) is 0 Å². The molecule has 2 amide bonds. The van der Waals surface area contributed by atoms with Crippen molar-refractivity contribution < 1.29 is 14.3 Å². The SMILES string of the molecule is COc1ccc(-c2n[nH]c(CNC(=O)CNC(=O)Cc3cccc4ccccc34)n2)cc1. The van der Waals surface area contributed by atoms with E-state index in [1.807, 2.05) is 66.7 Å². The Bertz CT molecular complexity index is 1230. The van der Waals surface area contributed by atoms with Crippen molar-refractivity contribution in [2.75, 3.05) is 13.7 Å². The molecule has 4 rings (SSSR count). The van der Waals surface area contributed by atoms with Gasteiger partial charge in [0.2, 0.25) is 11.8 Å². The molecule has 8 nitrogen and oxygen atoms in total. The Morgan fingerprint density at radius 1 is 0.938 bits per heavy atom. The third-order valence-corrected chi connectivity index (χ3v) is 5.01. The first-order valence-electron chi connectivity index (χ1n) is 10.2. The lowest BCUT2D eigenvalue weighted by molar-refractivity contribution is -0.125.